The summed E-state index contributed by atoms with van der Waals surface area (Å²) in [5, 5.41) is 8.47. The summed E-state index contributed by atoms with van der Waals surface area (Å²) in [6.07, 6.45) is -5.10. The first kappa shape index (κ1) is 14.8. The second-order valence-electron chi connectivity index (χ2n) is 3.55. The highest BCUT2D eigenvalue weighted by molar-refractivity contribution is 5.93. The van der Waals surface area contributed by atoms with E-state index in [1.165, 1.54) is 0 Å². The number of hydrogen-bond donors (Lipinski definition) is 2. The number of rotatable bonds is 4. The molecule has 3 N–H and O–H groups in total. The maximum Gasteiger partial charge on any atom is 0.454 e. The van der Waals surface area contributed by atoms with Gasteiger partial charge in [0.15, 0.2) is 5.60 Å². The van der Waals surface area contributed by atoms with Crippen molar-refractivity contribution in [2.75, 3.05) is 6.61 Å². The molecule has 5 nitrogen and oxygen atoms in total. The standard InChI is InChI=1S/C8H12F3NO4/c1-7(2,6(15)8(9,10)11)16-5(14)4(12)3-13/h4,13H,3,12H2,1-2H3. The van der Waals surface area contributed by atoms with Crippen molar-refractivity contribution in [2.24, 2.45) is 5.73 Å². The van der Waals surface area contributed by atoms with Gasteiger partial charge in [-0.2, -0.15) is 13.2 Å². The van der Waals surface area contributed by atoms with Crippen LogP contribution in [-0.2, 0) is 14.3 Å². The van der Waals surface area contributed by atoms with Crippen LogP contribution in [0.4, 0.5) is 13.2 Å². The van der Waals surface area contributed by atoms with E-state index in [1.54, 1.807) is 0 Å². The minimum atomic E-state index is -5.10. The summed E-state index contributed by atoms with van der Waals surface area (Å²) in [4.78, 5) is 21.8. The van der Waals surface area contributed by atoms with E-state index in [9.17, 15) is 22.8 Å². The Morgan fingerprint density at radius 1 is 1.38 bits per heavy atom. The second kappa shape index (κ2) is 4.79. The molecule has 1 unspecified atom stereocenters. The fourth-order valence-electron chi connectivity index (χ4n) is 0.789. The van der Waals surface area contributed by atoms with Crippen molar-refractivity contribution in [3.8, 4) is 0 Å². The Kier molecular flexibility index (Phi) is 4.45. The molecule has 0 radical (unpaired) electrons. The molecule has 94 valence electrons. The Bertz CT molecular complexity index is 287. The van der Waals surface area contributed by atoms with Crippen molar-refractivity contribution >= 4 is 11.8 Å². The normalized spacial score (nSPS) is 14.4. The lowest BCUT2D eigenvalue weighted by Crippen LogP contribution is -2.49. The Labute approximate surface area is 89.4 Å². The summed E-state index contributed by atoms with van der Waals surface area (Å²) in [5.41, 5.74) is 2.66. The zero-order valence-electron chi connectivity index (χ0n) is 8.67. The molecule has 1 atom stereocenters. The molecule has 0 aliphatic carbocycles. The van der Waals surface area contributed by atoms with Crippen LogP contribution in [0.5, 0.6) is 0 Å². The van der Waals surface area contributed by atoms with Gasteiger partial charge in [-0.15, -0.1) is 0 Å². The molecule has 0 saturated carbocycles. The van der Waals surface area contributed by atoms with Gasteiger partial charge in [0.05, 0.1) is 6.61 Å². The molecule has 0 aliphatic rings. The third-order valence-electron chi connectivity index (χ3n) is 1.66. The number of alkyl halides is 3. The lowest BCUT2D eigenvalue weighted by Gasteiger charge is -2.25. The summed E-state index contributed by atoms with van der Waals surface area (Å²) in [6, 6.07) is -1.47. The fourth-order valence-corrected chi connectivity index (χ4v) is 0.789. The first-order chi connectivity index (χ1) is 7.02. The Balaban J connectivity index is 4.70. The monoisotopic (exact) mass is 243 g/mol. The van der Waals surface area contributed by atoms with Gasteiger partial charge >= 0.3 is 12.1 Å². The van der Waals surface area contributed by atoms with E-state index in [0.29, 0.717) is 0 Å². The van der Waals surface area contributed by atoms with Crippen molar-refractivity contribution in [1.82, 2.24) is 0 Å². The van der Waals surface area contributed by atoms with Gasteiger partial charge < -0.3 is 15.6 Å². The van der Waals surface area contributed by atoms with Gasteiger partial charge in [0.1, 0.15) is 6.04 Å². The summed E-state index contributed by atoms with van der Waals surface area (Å²) >= 11 is 0. The topological polar surface area (TPSA) is 89.6 Å². The van der Waals surface area contributed by atoms with Crippen LogP contribution in [-0.4, -0.2) is 41.3 Å². The third kappa shape index (κ3) is 3.78. The van der Waals surface area contributed by atoms with Crippen LogP contribution < -0.4 is 5.73 Å². The number of ether oxygens (including phenoxy) is 1. The van der Waals surface area contributed by atoms with E-state index >= 15 is 0 Å². The SMILES string of the molecule is CC(C)(OC(=O)C(N)CO)C(=O)C(F)(F)F. The largest absolute Gasteiger partial charge is 0.454 e. The maximum absolute atomic E-state index is 12.1. The van der Waals surface area contributed by atoms with Gasteiger partial charge in [-0.05, 0) is 13.8 Å². The summed E-state index contributed by atoms with van der Waals surface area (Å²) in [6.45, 7) is 0.810. The number of halogens is 3. The molecule has 0 aromatic carbocycles. The first-order valence-electron chi connectivity index (χ1n) is 4.23. The number of ketones is 1. The maximum atomic E-state index is 12.1. The second-order valence-corrected chi connectivity index (χ2v) is 3.55. The Morgan fingerprint density at radius 3 is 2.12 bits per heavy atom. The van der Waals surface area contributed by atoms with E-state index < -0.39 is 36.2 Å². The first-order valence-corrected chi connectivity index (χ1v) is 4.23. The molecule has 0 heterocycles. The highest BCUT2D eigenvalue weighted by Crippen LogP contribution is 2.25. The number of esters is 1. The van der Waals surface area contributed by atoms with E-state index in [0.717, 1.165) is 13.8 Å². The van der Waals surface area contributed by atoms with Crippen LogP contribution in [0.1, 0.15) is 13.8 Å². The molecule has 0 aromatic heterocycles. The van der Waals surface area contributed by atoms with Gasteiger partial charge in [-0.3, -0.25) is 9.59 Å². The number of hydrogen-bond acceptors (Lipinski definition) is 5. The lowest BCUT2D eigenvalue weighted by atomic mass is 10.0. The molecule has 0 saturated heterocycles. The number of carbonyl (C=O) groups is 2. The minimum Gasteiger partial charge on any atom is -0.450 e. The van der Waals surface area contributed by atoms with Crippen molar-refractivity contribution in [3.63, 3.8) is 0 Å². The van der Waals surface area contributed by atoms with Gasteiger partial charge in [-0.25, -0.2) is 0 Å². The molecule has 0 fully saturated rings. The summed E-state index contributed by atoms with van der Waals surface area (Å²) in [7, 11) is 0. The van der Waals surface area contributed by atoms with Crippen LogP contribution in [0.15, 0.2) is 0 Å². The summed E-state index contributed by atoms with van der Waals surface area (Å²) in [5.74, 6) is -3.47. The minimum absolute atomic E-state index is 0.783. The Morgan fingerprint density at radius 2 is 1.81 bits per heavy atom. The van der Waals surface area contributed by atoms with Crippen LogP contribution in [0.25, 0.3) is 0 Å². The molecule has 0 aliphatic heterocycles. The molecule has 0 bridgehead atoms. The fraction of sp³-hybridized carbons (Fsp3) is 0.750. The number of aliphatic hydroxyl groups excluding tert-OH is 1. The van der Waals surface area contributed by atoms with E-state index in [-0.39, 0.29) is 0 Å². The number of Topliss-reactive ketones (excluding diaryl/α,β-unsaturated/α-hetero) is 1. The smallest absolute Gasteiger partial charge is 0.450 e. The van der Waals surface area contributed by atoms with Gasteiger partial charge in [0.2, 0.25) is 0 Å². The highest BCUT2D eigenvalue weighted by Gasteiger charge is 2.50. The molecule has 0 amide bonds. The molecule has 8 heteroatoms. The van der Waals surface area contributed by atoms with Crippen LogP contribution in [0, 0.1) is 0 Å². The Hall–Kier alpha value is -1.15. The van der Waals surface area contributed by atoms with Crippen molar-refractivity contribution in [1.29, 1.82) is 0 Å². The van der Waals surface area contributed by atoms with E-state index in [2.05, 4.69) is 4.74 Å². The average Bonchev–Trinajstić information content (AvgIpc) is 2.13. The molecule has 0 spiro atoms. The average molecular weight is 243 g/mol. The zero-order valence-corrected chi connectivity index (χ0v) is 8.67. The molecular formula is C8H12F3NO4. The molecule has 0 rings (SSSR count). The number of aliphatic hydroxyl groups is 1. The molecular weight excluding hydrogens is 231 g/mol. The van der Waals surface area contributed by atoms with Crippen molar-refractivity contribution in [3.05, 3.63) is 0 Å². The molecule has 16 heavy (non-hydrogen) atoms. The van der Waals surface area contributed by atoms with Gasteiger partial charge in [-0.1, -0.05) is 0 Å². The van der Waals surface area contributed by atoms with Crippen LogP contribution >= 0.6 is 0 Å². The third-order valence-corrected chi connectivity index (χ3v) is 1.66. The van der Waals surface area contributed by atoms with Crippen LogP contribution in [0.3, 0.4) is 0 Å². The highest BCUT2D eigenvalue weighted by atomic mass is 19.4. The number of nitrogens with two attached hydrogens (primary N) is 1. The summed E-state index contributed by atoms with van der Waals surface area (Å²) < 4.78 is 40.5. The van der Waals surface area contributed by atoms with E-state index in [4.69, 9.17) is 10.8 Å². The lowest BCUT2D eigenvalue weighted by molar-refractivity contribution is -0.195. The number of carbonyl (C=O) groups excluding carboxylic acids is 2. The predicted octanol–water partition coefficient (Wildman–Crippen LogP) is -0.241. The van der Waals surface area contributed by atoms with Crippen molar-refractivity contribution < 1.29 is 32.6 Å². The van der Waals surface area contributed by atoms with Gasteiger partial charge in [0, 0.05) is 0 Å². The van der Waals surface area contributed by atoms with Gasteiger partial charge in [0.25, 0.3) is 5.78 Å². The quantitative estimate of drug-likeness (QED) is 0.665. The molecule has 0 aromatic rings. The zero-order chi connectivity index (χ0) is 13.1. The van der Waals surface area contributed by atoms with Crippen LogP contribution in [0.2, 0.25) is 0 Å². The predicted molar refractivity (Wildman–Crippen MR) is 46.3 cm³/mol. The van der Waals surface area contributed by atoms with Crippen molar-refractivity contribution in [2.45, 2.75) is 31.7 Å². The van der Waals surface area contributed by atoms with E-state index in [1.807, 2.05) is 0 Å².